The molecule has 0 aliphatic rings. The molecule has 0 saturated carbocycles. The number of halogens is 1. The third-order valence-corrected chi connectivity index (χ3v) is 2.36. The molecule has 90 valence electrons. The number of hydrogen-bond acceptors (Lipinski definition) is 4. The molecule has 1 heterocycles. The van der Waals surface area contributed by atoms with Gasteiger partial charge in [-0.05, 0) is 6.07 Å². The summed E-state index contributed by atoms with van der Waals surface area (Å²) in [5.41, 5.74) is 6.79. The quantitative estimate of drug-likeness (QED) is 0.853. The van der Waals surface area contributed by atoms with E-state index in [4.69, 9.17) is 15.2 Å². The first-order valence-electron chi connectivity index (χ1n) is 4.88. The van der Waals surface area contributed by atoms with Crippen molar-refractivity contribution in [1.82, 2.24) is 10.2 Å². The first kappa shape index (κ1) is 11.3. The number of ether oxygens (including phenoxy) is 2. The second kappa shape index (κ2) is 4.32. The predicted octanol–water partition coefficient (Wildman–Crippen LogP) is 1.82. The smallest absolute Gasteiger partial charge is 0.168 e. The largest absolute Gasteiger partial charge is 0.496 e. The van der Waals surface area contributed by atoms with Crippen molar-refractivity contribution < 1.29 is 13.9 Å². The van der Waals surface area contributed by atoms with Crippen LogP contribution in [-0.4, -0.2) is 24.4 Å². The Kier molecular flexibility index (Phi) is 2.86. The summed E-state index contributed by atoms with van der Waals surface area (Å²) in [6, 6.07) is 4.42. The molecule has 5 nitrogen and oxygen atoms in total. The highest BCUT2D eigenvalue weighted by molar-refractivity contribution is 5.70. The van der Waals surface area contributed by atoms with Crippen molar-refractivity contribution in [2.75, 3.05) is 20.0 Å². The zero-order chi connectivity index (χ0) is 12.4. The summed E-state index contributed by atoms with van der Waals surface area (Å²) in [6.45, 7) is 0. The summed E-state index contributed by atoms with van der Waals surface area (Å²) in [5.74, 6) is 0.381. The molecule has 0 bridgehead atoms. The molecule has 0 aliphatic carbocycles. The van der Waals surface area contributed by atoms with Gasteiger partial charge in [-0.15, -0.1) is 0 Å². The molecular formula is C11H12FN3O2. The van der Waals surface area contributed by atoms with Crippen LogP contribution in [0.5, 0.6) is 11.5 Å². The minimum Gasteiger partial charge on any atom is -0.496 e. The first-order chi connectivity index (χ1) is 8.15. The number of nitrogens with two attached hydrogens (primary N) is 1. The number of benzene rings is 1. The fourth-order valence-corrected chi connectivity index (χ4v) is 1.55. The number of aromatic amines is 1. The molecule has 0 atom stereocenters. The van der Waals surface area contributed by atoms with Gasteiger partial charge in [0.2, 0.25) is 0 Å². The van der Waals surface area contributed by atoms with Crippen molar-refractivity contribution in [1.29, 1.82) is 0 Å². The lowest BCUT2D eigenvalue weighted by molar-refractivity contribution is 0.378. The molecule has 17 heavy (non-hydrogen) atoms. The average molecular weight is 237 g/mol. The molecular weight excluding hydrogens is 225 g/mol. The van der Waals surface area contributed by atoms with Crippen LogP contribution in [0.15, 0.2) is 18.2 Å². The van der Waals surface area contributed by atoms with Crippen molar-refractivity contribution >= 4 is 5.82 Å². The number of H-pyrrole nitrogens is 1. The monoisotopic (exact) mass is 237 g/mol. The van der Waals surface area contributed by atoms with E-state index < -0.39 is 5.82 Å². The molecule has 2 rings (SSSR count). The lowest BCUT2D eigenvalue weighted by Gasteiger charge is -2.09. The normalized spacial score (nSPS) is 10.3. The maximum atomic E-state index is 13.5. The predicted molar refractivity (Wildman–Crippen MR) is 61.5 cm³/mol. The van der Waals surface area contributed by atoms with Crippen LogP contribution < -0.4 is 15.2 Å². The second-order valence-corrected chi connectivity index (χ2v) is 3.39. The van der Waals surface area contributed by atoms with Gasteiger partial charge in [-0.25, -0.2) is 4.39 Å². The Morgan fingerprint density at radius 2 is 1.88 bits per heavy atom. The van der Waals surface area contributed by atoms with Crippen molar-refractivity contribution in [3.05, 3.63) is 24.0 Å². The Morgan fingerprint density at radius 3 is 2.41 bits per heavy atom. The molecule has 3 N–H and O–H groups in total. The Morgan fingerprint density at radius 1 is 1.18 bits per heavy atom. The first-order valence-corrected chi connectivity index (χ1v) is 4.88. The lowest BCUT2D eigenvalue weighted by atomic mass is 10.1. The summed E-state index contributed by atoms with van der Waals surface area (Å²) in [7, 11) is 2.86. The highest BCUT2D eigenvalue weighted by Crippen LogP contribution is 2.34. The molecule has 0 fully saturated rings. The molecule has 6 heteroatoms. The summed E-state index contributed by atoms with van der Waals surface area (Å²) in [5, 5.41) is 6.54. The standard InChI is InChI=1S/C11H12FN3O2/c1-16-9-4-7(12)10(17-2)3-6(9)8-5-11(13)15-14-8/h3-5H,1-2H3,(H3,13,14,15). The van der Waals surface area contributed by atoms with Crippen LogP contribution in [0, 0.1) is 5.82 Å². The number of hydrogen-bond donors (Lipinski definition) is 2. The van der Waals surface area contributed by atoms with Crippen LogP contribution in [-0.2, 0) is 0 Å². The molecule has 0 aliphatic heterocycles. The summed E-state index contributed by atoms with van der Waals surface area (Å²) < 4.78 is 23.5. The third kappa shape index (κ3) is 2.01. The van der Waals surface area contributed by atoms with Crippen LogP contribution in [0.25, 0.3) is 11.3 Å². The van der Waals surface area contributed by atoms with E-state index in [0.717, 1.165) is 0 Å². The van der Waals surface area contributed by atoms with Crippen LogP contribution >= 0.6 is 0 Å². The van der Waals surface area contributed by atoms with Gasteiger partial charge in [-0.3, -0.25) is 5.10 Å². The van der Waals surface area contributed by atoms with E-state index in [1.807, 2.05) is 0 Å². The van der Waals surface area contributed by atoms with Gasteiger partial charge in [0.05, 0.1) is 19.9 Å². The maximum absolute atomic E-state index is 13.5. The van der Waals surface area contributed by atoms with E-state index in [1.54, 1.807) is 6.07 Å². The zero-order valence-corrected chi connectivity index (χ0v) is 9.45. The van der Waals surface area contributed by atoms with E-state index in [1.165, 1.54) is 26.4 Å². The Labute approximate surface area is 97.3 Å². The lowest BCUT2D eigenvalue weighted by Crippen LogP contribution is -1.94. The number of anilines is 1. The molecule has 0 amide bonds. The second-order valence-electron chi connectivity index (χ2n) is 3.39. The van der Waals surface area contributed by atoms with Gasteiger partial charge in [-0.1, -0.05) is 0 Å². The summed E-state index contributed by atoms with van der Waals surface area (Å²) in [4.78, 5) is 0. The van der Waals surface area contributed by atoms with Crippen LogP contribution in [0.2, 0.25) is 0 Å². The van der Waals surface area contributed by atoms with Crippen LogP contribution in [0.3, 0.4) is 0 Å². The van der Waals surface area contributed by atoms with Crippen LogP contribution in [0.4, 0.5) is 10.2 Å². The van der Waals surface area contributed by atoms with E-state index in [2.05, 4.69) is 10.2 Å². The van der Waals surface area contributed by atoms with E-state index in [-0.39, 0.29) is 5.75 Å². The number of nitrogens with zero attached hydrogens (tertiary/aromatic N) is 1. The van der Waals surface area contributed by atoms with Crippen molar-refractivity contribution in [2.45, 2.75) is 0 Å². The van der Waals surface area contributed by atoms with Gasteiger partial charge in [0.25, 0.3) is 0 Å². The number of nitrogens with one attached hydrogen (secondary N) is 1. The molecule has 2 aromatic rings. The number of methoxy groups -OCH3 is 2. The topological polar surface area (TPSA) is 73.2 Å². The van der Waals surface area contributed by atoms with Gasteiger partial charge >= 0.3 is 0 Å². The van der Waals surface area contributed by atoms with Crippen LogP contribution in [0.1, 0.15) is 0 Å². The van der Waals surface area contributed by atoms with Gasteiger partial charge in [0, 0.05) is 17.7 Å². The number of rotatable bonds is 3. The van der Waals surface area contributed by atoms with E-state index >= 15 is 0 Å². The fourth-order valence-electron chi connectivity index (χ4n) is 1.55. The van der Waals surface area contributed by atoms with Gasteiger partial charge in [-0.2, -0.15) is 5.10 Å². The van der Waals surface area contributed by atoms with E-state index in [9.17, 15) is 4.39 Å². The molecule has 0 spiro atoms. The highest BCUT2D eigenvalue weighted by atomic mass is 19.1. The van der Waals surface area contributed by atoms with Crippen molar-refractivity contribution in [2.24, 2.45) is 0 Å². The summed E-state index contributed by atoms with van der Waals surface area (Å²) in [6.07, 6.45) is 0. The SMILES string of the molecule is COc1cc(-c2cc(N)n[nH]2)c(OC)cc1F. The van der Waals surface area contributed by atoms with Gasteiger partial charge in [0.15, 0.2) is 11.6 Å². The summed E-state index contributed by atoms with van der Waals surface area (Å²) >= 11 is 0. The molecule has 1 aromatic heterocycles. The highest BCUT2D eigenvalue weighted by Gasteiger charge is 2.14. The minimum atomic E-state index is -0.486. The van der Waals surface area contributed by atoms with E-state index in [0.29, 0.717) is 22.8 Å². The fraction of sp³-hybridized carbons (Fsp3) is 0.182. The van der Waals surface area contributed by atoms with Crippen molar-refractivity contribution in [3.8, 4) is 22.8 Å². The third-order valence-electron chi connectivity index (χ3n) is 2.36. The number of aromatic nitrogens is 2. The van der Waals surface area contributed by atoms with Gasteiger partial charge in [0.1, 0.15) is 11.6 Å². The van der Waals surface area contributed by atoms with Crippen molar-refractivity contribution in [3.63, 3.8) is 0 Å². The average Bonchev–Trinajstić information content (AvgIpc) is 2.75. The maximum Gasteiger partial charge on any atom is 0.168 e. The minimum absolute atomic E-state index is 0.133. The molecule has 0 radical (unpaired) electrons. The Balaban J connectivity index is 2.58. The zero-order valence-electron chi connectivity index (χ0n) is 9.45. The number of nitrogen functional groups attached to an aromatic ring is 1. The molecule has 0 unspecified atom stereocenters. The molecule has 0 saturated heterocycles. The Bertz CT molecular complexity index is 540. The Hall–Kier alpha value is -2.24. The molecule has 1 aromatic carbocycles. The van der Waals surface area contributed by atoms with Gasteiger partial charge < -0.3 is 15.2 Å².